The highest BCUT2D eigenvalue weighted by Gasteiger charge is 2.19. The normalized spacial score (nSPS) is 18.9. The second-order valence-corrected chi connectivity index (χ2v) is 4.94. The second-order valence-electron chi connectivity index (χ2n) is 4.94. The van der Waals surface area contributed by atoms with Gasteiger partial charge in [-0.15, -0.1) is 0 Å². The number of rotatable bonds is 4. The number of hydrogen-bond acceptors (Lipinski definition) is 2. The molecule has 0 saturated carbocycles. The molecule has 1 N–H and O–H groups in total. The summed E-state index contributed by atoms with van der Waals surface area (Å²) < 4.78 is 12.8. The maximum absolute atomic E-state index is 12.8. The van der Waals surface area contributed by atoms with E-state index in [0.29, 0.717) is 12.3 Å². The Kier molecular flexibility index (Phi) is 4.31. The van der Waals surface area contributed by atoms with E-state index in [0.717, 1.165) is 31.6 Å². The third-order valence-corrected chi connectivity index (χ3v) is 3.39. The largest absolute Gasteiger partial charge is 0.345 e. The Hall–Kier alpha value is -1.42. The molecule has 1 aromatic carbocycles. The molecule has 0 aliphatic carbocycles. The van der Waals surface area contributed by atoms with Crippen molar-refractivity contribution in [3.8, 4) is 0 Å². The van der Waals surface area contributed by atoms with E-state index in [1.165, 1.54) is 12.1 Å². The van der Waals surface area contributed by atoms with Crippen LogP contribution in [0.5, 0.6) is 0 Å². The first-order chi connectivity index (χ1) is 8.65. The Bertz CT molecular complexity index is 399. The van der Waals surface area contributed by atoms with Crippen LogP contribution in [0.4, 0.5) is 4.39 Å². The molecule has 1 aliphatic rings. The average Bonchev–Trinajstić information content (AvgIpc) is 2.85. The molecule has 0 bridgehead atoms. The van der Waals surface area contributed by atoms with Crippen LogP contribution in [0.25, 0.3) is 0 Å². The molecule has 0 spiro atoms. The lowest BCUT2D eigenvalue weighted by molar-refractivity contribution is -0.129. The average molecular weight is 250 g/mol. The minimum atomic E-state index is -0.267. The molecular formula is C14H19FN2O. The molecule has 1 aromatic rings. The maximum atomic E-state index is 12.8. The highest BCUT2D eigenvalue weighted by atomic mass is 19.1. The number of nitrogens with one attached hydrogen (secondary N) is 1. The van der Waals surface area contributed by atoms with E-state index in [-0.39, 0.29) is 11.7 Å². The minimum Gasteiger partial charge on any atom is -0.345 e. The van der Waals surface area contributed by atoms with Crippen molar-refractivity contribution in [1.29, 1.82) is 0 Å². The highest BCUT2D eigenvalue weighted by Crippen LogP contribution is 2.10. The summed E-state index contributed by atoms with van der Waals surface area (Å²) in [5.74, 6) is 0.386. The standard InChI is InChI=1S/C14H19FN2O/c1-17(10-12-6-7-16-9-12)14(18)8-11-2-4-13(15)5-3-11/h2-5,12,16H,6-10H2,1H3. The topological polar surface area (TPSA) is 32.3 Å². The number of carbonyl (C=O) groups excluding carboxylic acids is 1. The molecule has 0 radical (unpaired) electrons. The van der Waals surface area contributed by atoms with Gasteiger partial charge in [0, 0.05) is 13.6 Å². The van der Waals surface area contributed by atoms with Crippen molar-refractivity contribution in [3.63, 3.8) is 0 Å². The summed E-state index contributed by atoms with van der Waals surface area (Å²) in [5.41, 5.74) is 0.859. The van der Waals surface area contributed by atoms with Crippen LogP contribution in [0.3, 0.4) is 0 Å². The quantitative estimate of drug-likeness (QED) is 0.877. The van der Waals surface area contributed by atoms with Crippen molar-refractivity contribution in [2.45, 2.75) is 12.8 Å². The van der Waals surface area contributed by atoms with E-state index < -0.39 is 0 Å². The molecule has 1 heterocycles. The molecule has 1 saturated heterocycles. The number of halogens is 1. The summed E-state index contributed by atoms with van der Waals surface area (Å²) >= 11 is 0. The van der Waals surface area contributed by atoms with Crippen LogP contribution in [0.2, 0.25) is 0 Å². The lowest BCUT2D eigenvalue weighted by Crippen LogP contribution is -2.33. The predicted molar refractivity (Wildman–Crippen MR) is 68.7 cm³/mol. The van der Waals surface area contributed by atoms with Crippen LogP contribution in [0.1, 0.15) is 12.0 Å². The van der Waals surface area contributed by atoms with Gasteiger partial charge in [-0.1, -0.05) is 12.1 Å². The van der Waals surface area contributed by atoms with Crippen LogP contribution in [0, 0.1) is 11.7 Å². The Morgan fingerprint density at radius 2 is 2.17 bits per heavy atom. The Balaban J connectivity index is 1.84. The van der Waals surface area contributed by atoms with Crippen LogP contribution >= 0.6 is 0 Å². The van der Waals surface area contributed by atoms with Gasteiger partial charge in [-0.3, -0.25) is 4.79 Å². The van der Waals surface area contributed by atoms with Gasteiger partial charge in [0.05, 0.1) is 6.42 Å². The lowest BCUT2D eigenvalue weighted by Gasteiger charge is -2.20. The molecule has 1 aliphatic heterocycles. The molecular weight excluding hydrogens is 231 g/mol. The molecule has 18 heavy (non-hydrogen) atoms. The van der Waals surface area contributed by atoms with Crippen molar-refractivity contribution >= 4 is 5.91 Å². The van der Waals surface area contributed by atoms with E-state index in [1.807, 2.05) is 7.05 Å². The van der Waals surface area contributed by atoms with Crippen molar-refractivity contribution in [3.05, 3.63) is 35.6 Å². The fraction of sp³-hybridized carbons (Fsp3) is 0.500. The number of benzene rings is 1. The third kappa shape index (κ3) is 3.53. The van der Waals surface area contributed by atoms with Gasteiger partial charge in [-0.05, 0) is 43.1 Å². The fourth-order valence-corrected chi connectivity index (χ4v) is 2.27. The van der Waals surface area contributed by atoms with Gasteiger partial charge in [0.1, 0.15) is 5.82 Å². The number of nitrogens with zero attached hydrogens (tertiary/aromatic N) is 1. The molecule has 1 atom stereocenters. The number of amides is 1. The van der Waals surface area contributed by atoms with Crippen molar-refractivity contribution in [2.75, 3.05) is 26.7 Å². The summed E-state index contributed by atoms with van der Waals surface area (Å²) in [5, 5.41) is 3.29. The zero-order valence-electron chi connectivity index (χ0n) is 10.7. The number of hydrogen-bond donors (Lipinski definition) is 1. The maximum Gasteiger partial charge on any atom is 0.226 e. The van der Waals surface area contributed by atoms with E-state index >= 15 is 0 Å². The summed E-state index contributed by atoms with van der Waals surface area (Å²) in [7, 11) is 1.84. The molecule has 4 heteroatoms. The molecule has 1 unspecified atom stereocenters. The van der Waals surface area contributed by atoms with Gasteiger partial charge < -0.3 is 10.2 Å². The minimum absolute atomic E-state index is 0.0912. The van der Waals surface area contributed by atoms with Crippen LogP contribution < -0.4 is 5.32 Å². The fourth-order valence-electron chi connectivity index (χ4n) is 2.27. The molecule has 0 aromatic heterocycles. The van der Waals surface area contributed by atoms with E-state index in [4.69, 9.17) is 0 Å². The smallest absolute Gasteiger partial charge is 0.226 e. The Labute approximate surface area is 107 Å². The number of carbonyl (C=O) groups is 1. The van der Waals surface area contributed by atoms with Gasteiger partial charge in [-0.2, -0.15) is 0 Å². The summed E-state index contributed by atoms with van der Waals surface area (Å²) in [6.07, 6.45) is 1.48. The van der Waals surface area contributed by atoms with E-state index in [2.05, 4.69) is 5.32 Å². The SMILES string of the molecule is CN(CC1CCNC1)C(=O)Cc1ccc(F)cc1. The second kappa shape index (κ2) is 5.96. The first kappa shape index (κ1) is 13.0. The predicted octanol–water partition coefficient (Wildman–Crippen LogP) is 1.44. The third-order valence-electron chi connectivity index (χ3n) is 3.39. The van der Waals surface area contributed by atoms with Gasteiger partial charge in [0.25, 0.3) is 0 Å². The van der Waals surface area contributed by atoms with E-state index in [9.17, 15) is 9.18 Å². The molecule has 1 fully saturated rings. The first-order valence-corrected chi connectivity index (χ1v) is 6.34. The summed E-state index contributed by atoms with van der Waals surface area (Å²) in [6.45, 7) is 2.84. The lowest BCUT2D eigenvalue weighted by atomic mass is 10.1. The summed E-state index contributed by atoms with van der Waals surface area (Å²) in [6, 6.07) is 6.11. The summed E-state index contributed by atoms with van der Waals surface area (Å²) in [4.78, 5) is 13.8. The molecule has 3 nitrogen and oxygen atoms in total. The van der Waals surface area contributed by atoms with Gasteiger partial charge >= 0.3 is 0 Å². The zero-order valence-corrected chi connectivity index (χ0v) is 10.7. The van der Waals surface area contributed by atoms with Crippen LogP contribution in [-0.2, 0) is 11.2 Å². The van der Waals surface area contributed by atoms with Crippen LogP contribution in [-0.4, -0.2) is 37.5 Å². The Morgan fingerprint density at radius 1 is 1.44 bits per heavy atom. The molecule has 2 rings (SSSR count). The van der Waals surface area contributed by atoms with Crippen LogP contribution in [0.15, 0.2) is 24.3 Å². The van der Waals surface area contributed by atoms with Crippen molar-refractivity contribution in [1.82, 2.24) is 10.2 Å². The van der Waals surface area contributed by atoms with Gasteiger partial charge in [0.15, 0.2) is 0 Å². The van der Waals surface area contributed by atoms with Gasteiger partial charge in [0.2, 0.25) is 5.91 Å². The molecule has 98 valence electrons. The first-order valence-electron chi connectivity index (χ1n) is 6.34. The molecule has 1 amide bonds. The highest BCUT2D eigenvalue weighted by molar-refractivity contribution is 5.78. The van der Waals surface area contributed by atoms with Crippen molar-refractivity contribution in [2.24, 2.45) is 5.92 Å². The van der Waals surface area contributed by atoms with E-state index in [1.54, 1.807) is 17.0 Å². The zero-order chi connectivity index (χ0) is 13.0. The van der Waals surface area contributed by atoms with Crippen molar-refractivity contribution < 1.29 is 9.18 Å². The Morgan fingerprint density at radius 3 is 2.78 bits per heavy atom. The number of likely N-dealkylation sites (N-methyl/N-ethyl adjacent to an activating group) is 1. The van der Waals surface area contributed by atoms with Gasteiger partial charge in [-0.25, -0.2) is 4.39 Å². The monoisotopic (exact) mass is 250 g/mol.